The lowest BCUT2D eigenvalue weighted by molar-refractivity contribution is -0.123. The maximum Gasteiger partial charge on any atom is 0.312 e. The van der Waals surface area contributed by atoms with Crippen molar-refractivity contribution in [2.45, 2.75) is 19.0 Å². The van der Waals surface area contributed by atoms with Gasteiger partial charge in [0.2, 0.25) is 5.91 Å². The van der Waals surface area contributed by atoms with Gasteiger partial charge in [-0.2, -0.15) is 0 Å². The van der Waals surface area contributed by atoms with E-state index in [-0.39, 0.29) is 11.9 Å². The van der Waals surface area contributed by atoms with E-state index in [1.807, 2.05) is 42.5 Å². The minimum atomic E-state index is -0.740. The molecule has 2 atom stereocenters. The van der Waals surface area contributed by atoms with Crippen molar-refractivity contribution in [2.75, 3.05) is 0 Å². The van der Waals surface area contributed by atoms with E-state index in [2.05, 4.69) is 10.6 Å². The number of hydrogen-bond acceptors (Lipinski definition) is 2. The van der Waals surface area contributed by atoms with Gasteiger partial charge in [-0.15, -0.1) is 0 Å². The summed E-state index contributed by atoms with van der Waals surface area (Å²) < 4.78 is 0. The van der Waals surface area contributed by atoms with Gasteiger partial charge in [-0.05, 0) is 30.2 Å². The molecule has 0 fully saturated rings. The average Bonchev–Trinajstić information content (AvgIpc) is 2.53. The molecule has 0 radical (unpaired) electrons. The highest BCUT2D eigenvalue weighted by Gasteiger charge is 2.21. The Labute approximate surface area is 139 Å². The largest absolute Gasteiger partial charge is 0.352 e. The highest BCUT2D eigenvalue weighted by molar-refractivity contribution is 6.30. The molecule has 2 aromatic carbocycles. The lowest BCUT2D eigenvalue weighted by Gasteiger charge is -2.22. The minimum absolute atomic E-state index is 0.326. The SMILES string of the molecule is C[C@@H](NC(N)=O)C(=O)N[C@H](c1ccccc1)c1ccc(Cl)cc1. The Hall–Kier alpha value is -2.53. The molecule has 120 valence electrons. The van der Waals surface area contributed by atoms with Gasteiger partial charge in [-0.25, -0.2) is 4.79 Å². The number of nitrogens with one attached hydrogen (secondary N) is 2. The molecule has 3 amide bonds. The number of halogens is 1. The molecule has 4 N–H and O–H groups in total. The minimum Gasteiger partial charge on any atom is -0.352 e. The van der Waals surface area contributed by atoms with Crippen LogP contribution >= 0.6 is 11.6 Å². The summed E-state index contributed by atoms with van der Waals surface area (Å²) >= 11 is 5.93. The molecular formula is C17H18ClN3O2. The van der Waals surface area contributed by atoms with Gasteiger partial charge in [0.1, 0.15) is 6.04 Å². The van der Waals surface area contributed by atoms with Crippen molar-refractivity contribution in [3.05, 3.63) is 70.7 Å². The zero-order valence-corrected chi connectivity index (χ0v) is 13.4. The molecular weight excluding hydrogens is 314 g/mol. The summed E-state index contributed by atoms with van der Waals surface area (Å²) in [5.74, 6) is -0.326. The van der Waals surface area contributed by atoms with Gasteiger partial charge in [0, 0.05) is 5.02 Å². The van der Waals surface area contributed by atoms with Crippen LogP contribution in [-0.4, -0.2) is 18.0 Å². The summed E-state index contributed by atoms with van der Waals surface area (Å²) in [5.41, 5.74) is 6.87. The van der Waals surface area contributed by atoms with Crippen LogP contribution in [0.1, 0.15) is 24.1 Å². The molecule has 0 saturated heterocycles. The molecule has 0 bridgehead atoms. The first kappa shape index (κ1) is 16.8. The van der Waals surface area contributed by atoms with Crippen LogP contribution in [0.5, 0.6) is 0 Å². The Balaban J connectivity index is 2.26. The number of nitrogens with two attached hydrogens (primary N) is 1. The monoisotopic (exact) mass is 331 g/mol. The third-order valence-electron chi connectivity index (χ3n) is 3.37. The van der Waals surface area contributed by atoms with Gasteiger partial charge in [0.15, 0.2) is 0 Å². The van der Waals surface area contributed by atoms with Crippen LogP contribution in [-0.2, 0) is 4.79 Å². The molecule has 0 aliphatic heterocycles. The van der Waals surface area contributed by atoms with Crippen molar-refractivity contribution in [1.82, 2.24) is 10.6 Å². The number of urea groups is 1. The normalized spacial score (nSPS) is 13.0. The summed E-state index contributed by atoms with van der Waals surface area (Å²) in [7, 11) is 0. The van der Waals surface area contributed by atoms with Crippen molar-refractivity contribution < 1.29 is 9.59 Å². The first-order valence-corrected chi connectivity index (χ1v) is 7.52. The maximum atomic E-state index is 12.3. The molecule has 23 heavy (non-hydrogen) atoms. The number of rotatable bonds is 5. The predicted octanol–water partition coefficient (Wildman–Crippen LogP) is 2.60. The fraction of sp³-hybridized carbons (Fsp3) is 0.176. The number of carbonyl (C=O) groups excluding carboxylic acids is 2. The topological polar surface area (TPSA) is 84.2 Å². The van der Waals surface area contributed by atoms with E-state index in [0.29, 0.717) is 5.02 Å². The van der Waals surface area contributed by atoms with E-state index < -0.39 is 12.1 Å². The van der Waals surface area contributed by atoms with E-state index in [4.69, 9.17) is 17.3 Å². The summed E-state index contributed by atoms with van der Waals surface area (Å²) in [5, 5.41) is 5.91. The standard InChI is InChI=1S/C17H18ClN3O2/c1-11(20-17(19)23)16(22)21-15(12-5-3-2-4-6-12)13-7-9-14(18)10-8-13/h2-11,15H,1H3,(H,21,22)(H3,19,20,23)/t11-,15-/m1/s1. The lowest BCUT2D eigenvalue weighted by Crippen LogP contribution is -2.47. The van der Waals surface area contributed by atoms with Gasteiger partial charge in [-0.1, -0.05) is 54.1 Å². The van der Waals surface area contributed by atoms with E-state index in [1.54, 1.807) is 19.1 Å². The number of carbonyl (C=O) groups is 2. The molecule has 0 aliphatic carbocycles. The van der Waals surface area contributed by atoms with E-state index in [9.17, 15) is 9.59 Å². The Morgan fingerprint density at radius 1 is 0.957 bits per heavy atom. The Morgan fingerprint density at radius 3 is 2.09 bits per heavy atom. The third kappa shape index (κ3) is 4.72. The zero-order valence-electron chi connectivity index (χ0n) is 12.6. The van der Waals surface area contributed by atoms with Crippen LogP contribution in [0.25, 0.3) is 0 Å². The molecule has 0 aliphatic rings. The summed E-state index contributed by atoms with van der Waals surface area (Å²) in [6.07, 6.45) is 0. The lowest BCUT2D eigenvalue weighted by atomic mass is 9.98. The Kier molecular flexibility index (Phi) is 5.60. The zero-order chi connectivity index (χ0) is 16.8. The highest BCUT2D eigenvalue weighted by Crippen LogP contribution is 2.23. The molecule has 0 aromatic heterocycles. The smallest absolute Gasteiger partial charge is 0.312 e. The molecule has 0 heterocycles. The van der Waals surface area contributed by atoms with Gasteiger partial charge in [0.05, 0.1) is 6.04 Å². The van der Waals surface area contributed by atoms with E-state index >= 15 is 0 Å². The van der Waals surface area contributed by atoms with Gasteiger partial charge in [0.25, 0.3) is 0 Å². The maximum absolute atomic E-state index is 12.3. The molecule has 0 unspecified atom stereocenters. The molecule has 2 aromatic rings. The van der Waals surface area contributed by atoms with Crippen molar-refractivity contribution in [2.24, 2.45) is 5.73 Å². The second kappa shape index (κ2) is 7.65. The summed E-state index contributed by atoms with van der Waals surface area (Å²) in [4.78, 5) is 23.2. The summed E-state index contributed by atoms with van der Waals surface area (Å²) in [6.45, 7) is 1.57. The van der Waals surface area contributed by atoms with E-state index in [0.717, 1.165) is 11.1 Å². The van der Waals surface area contributed by atoms with Crippen LogP contribution in [0.2, 0.25) is 5.02 Å². The number of amides is 3. The first-order chi connectivity index (χ1) is 11.0. The Morgan fingerprint density at radius 2 is 1.52 bits per heavy atom. The molecule has 0 spiro atoms. The summed E-state index contributed by atoms with van der Waals surface area (Å²) in [6, 6.07) is 15.0. The quantitative estimate of drug-likeness (QED) is 0.786. The Bertz CT molecular complexity index is 674. The van der Waals surface area contributed by atoms with Crippen molar-refractivity contribution in [3.63, 3.8) is 0 Å². The van der Waals surface area contributed by atoms with Crippen LogP contribution in [0.4, 0.5) is 4.79 Å². The van der Waals surface area contributed by atoms with Crippen LogP contribution in [0.15, 0.2) is 54.6 Å². The van der Waals surface area contributed by atoms with Crippen LogP contribution in [0.3, 0.4) is 0 Å². The van der Waals surface area contributed by atoms with Crippen molar-refractivity contribution in [3.8, 4) is 0 Å². The number of hydrogen-bond donors (Lipinski definition) is 3. The average molecular weight is 332 g/mol. The van der Waals surface area contributed by atoms with Gasteiger partial charge in [-0.3, -0.25) is 4.79 Å². The third-order valence-corrected chi connectivity index (χ3v) is 3.63. The predicted molar refractivity (Wildman–Crippen MR) is 90.1 cm³/mol. The molecule has 5 nitrogen and oxygen atoms in total. The molecule has 2 rings (SSSR count). The molecule has 0 saturated carbocycles. The second-order valence-electron chi connectivity index (χ2n) is 5.13. The fourth-order valence-electron chi connectivity index (χ4n) is 2.21. The highest BCUT2D eigenvalue weighted by atomic mass is 35.5. The first-order valence-electron chi connectivity index (χ1n) is 7.14. The van der Waals surface area contributed by atoms with Crippen LogP contribution < -0.4 is 16.4 Å². The van der Waals surface area contributed by atoms with Crippen molar-refractivity contribution >= 4 is 23.5 Å². The van der Waals surface area contributed by atoms with Gasteiger partial charge >= 0.3 is 6.03 Å². The second-order valence-corrected chi connectivity index (χ2v) is 5.57. The number of primary amides is 1. The van der Waals surface area contributed by atoms with Gasteiger partial charge < -0.3 is 16.4 Å². The van der Waals surface area contributed by atoms with Crippen LogP contribution in [0, 0.1) is 0 Å². The van der Waals surface area contributed by atoms with E-state index in [1.165, 1.54) is 0 Å². The fourth-order valence-corrected chi connectivity index (χ4v) is 2.33. The molecule has 6 heteroatoms. The van der Waals surface area contributed by atoms with Crippen molar-refractivity contribution in [1.29, 1.82) is 0 Å². The number of benzene rings is 2.